The topological polar surface area (TPSA) is 155 Å². The van der Waals surface area contributed by atoms with Gasteiger partial charge in [0, 0.05) is 5.92 Å². The number of hydrogen-bond acceptors (Lipinski definition) is 8. The number of phenols is 1. The Balaban J connectivity index is 1.63. The number of nitrogens with two attached hydrogens (primary N) is 1. The molecule has 9 heteroatoms. The number of aromatic hydroxyl groups is 1. The monoisotopic (exact) mass is 480 g/mol. The fourth-order valence-corrected chi connectivity index (χ4v) is 6.51. The van der Waals surface area contributed by atoms with Crippen molar-refractivity contribution in [3.05, 3.63) is 34.4 Å². The lowest BCUT2D eigenvalue weighted by Crippen LogP contribution is -2.74. The molecule has 3 saturated carbocycles. The van der Waals surface area contributed by atoms with Gasteiger partial charge in [0.25, 0.3) is 0 Å². The Bertz CT molecular complexity index is 1230. The van der Waals surface area contributed by atoms with Crippen LogP contribution in [0.15, 0.2) is 17.7 Å². The molecule has 0 saturated heterocycles. The Morgan fingerprint density at radius 3 is 2.40 bits per heavy atom. The van der Waals surface area contributed by atoms with Crippen molar-refractivity contribution < 1.29 is 34.2 Å². The average molecular weight is 481 g/mol. The van der Waals surface area contributed by atoms with E-state index in [1.165, 1.54) is 16.5 Å². The first kappa shape index (κ1) is 23.6. The van der Waals surface area contributed by atoms with Crippen LogP contribution >= 0.6 is 0 Å². The number of carbonyl (C=O) groups excluding carboxylic acids is 5. The third kappa shape index (κ3) is 3.18. The summed E-state index contributed by atoms with van der Waals surface area (Å²) in [5.41, 5.74) is 5.35. The maximum absolute atomic E-state index is 13.8. The lowest BCUT2D eigenvalue weighted by molar-refractivity contribution is -0.181. The van der Waals surface area contributed by atoms with Gasteiger partial charge in [-0.1, -0.05) is 17.7 Å². The standard InChI is InChI=1S/C26H28N2O7/c1-28(2)20-15-10-13-9-14-12(8-11-4-3-5-11)6-7-16(29)18(14)21(30)17(13)23(32)26(15,35)24(33)19(22(20)31)25(27)34/h6-8,13,15,17,19-20,29,35H,3-5,9-10H2,1-2H3,(H2,27,34)/t13-,15-,17?,19?,20-,26-/m0/s1. The minimum absolute atomic E-state index is 0.0327. The number of primary amides is 1. The summed E-state index contributed by atoms with van der Waals surface area (Å²) in [6.07, 6.45) is 5.39. The largest absolute Gasteiger partial charge is 0.507 e. The molecule has 4 N–H and O–H groups in total. The van der Waals surface area contributed by atoms with Crippen molar-refractivity contribution in [3.63, 3.8) is 0 Å². The number of amides is 1. The fraction of sp³-hybridized carbons (Fsp3) is 0.500. The summed E-state index contributed by atoms with van der Waals surface area (Å²) in [5, 5.41) is 22.1. The zero-order valence-electron chi connectivity index (χ0n) is 19.6. The number of Topliss-reactive ketones (excluding diaryl/α,β-unsaturated/α-hetero) is 4. The number of nitrogens with zero attached hydrogens (tertiary/aromatic N) is 1. The molecular formula is C26H28N2O7. The van der Waals surface area contributed by atoms with Crippen LogP contribution in [0.5, 0.6) is 5.75 Å². The third-order valence-corrected chi connectivity index (χ3v) is 8.34. The summed E-state index contributed by atoms with van der Waals surface area (Å²) in [4.78, 5) is 67.2. The first-order valence-corrected chi connectivity index (χ1v) is 11.9. The van der Waals surface area contributed by atoms with Crippen LogP contribution in [0.2, 0.25) is 0 Å². The van der Waals surface area contributed by atoms with Crippen molar-refractivity contribution in [2.45, 2.75) is 43.7 Å². The van der Waals surface area contributed by atoms with Gasteiger partial charge < -0.3 is 15.9 Å². The molecular weight excluding hydrogens is 452 g/mol. The number of rotatable bonds is 3. The smallest absolute Gasteiger partial charge is 0.235 e. The summed E-state index contributed by atoms with van der Waals surface area (Å²) in [5.74, 6) is -10.2. The summed E-state index contributed by atoms with van der Waals surface area (Å²) in [6.45, 7) is 0. The molecule has 0 aromatic heterocycles. The van der Waals surface area contributed by atoms with Gasteiger partial charge in [-0.3, -0.25) is 28.9 Å². The van der Waals surface area contributed by atoms with Crippen molar-refractivity contribution in [2.75, 3.05) is 14.1 Å². The van der Waals surface area contributed by atoms with Crippen molar-refractivity contribution >= 4 is 35.1 Å². The van der Waals surface area contributed by atoms with Crippen LogP contribution in [0.4, 0.5) is 0 Å². The predicted molar refractivity (Wildman–Crippen MR) is 123 cm³/mol. The van der Waals surface area contributed by atoms with Crippen molar-refractivity contribution in [2.24, 2.45) is 29.4 Å². The number of allylic oxidation sites excluding steroid dienone is 1. The molecule has 184 valence electrons. The predicted octanol–water partition coefficient (Wildman–Crippen LogP) is 0.434. The summed E-state index contributed by atoms with van der Waals surface area (Å²) in [6, 6.07) is 2.07. The number of benzene rings is 1. The number of fused-ring (bicyclic) bond motifs is 3. The number of likely N-dealkylation sites (N-methyl/N-ethyl adjacent to an activating group) is 1. The molecule has 0 heterocycles. The van der Waals surface area contributed by atoms with E-state index in [0.29, 0.717) is 5.56 Å². The van der Waals surface area contributed by atoms with E-state index < -0.39 is 64.4 Å². The highest BCUT2D eigenvalue weighted by molar-refractivity contribution is 6.32. The molecule has 6 atom stereocenters. The lowest BCUT2D eigenvalue weighted by Gasteiger charge is -2.52. The maximum Gasteiger partial charge on any atom is 0.235 e. The van der Waals surface area contributed by atoms with E-state index in [0.717, 1.165) is 24.8 Å². The Hall–Kier alpha value is -3.17. The molecule has 1 aromatic carbocycles. The van der Waals surface area contributed by atoms with E-state index in [2.05, 4.69) is 0 Å². The molecule has 2 unspecified atom stereocenters. The van der Waals surface area contributed by atoms with Gasteiger partial charge in [-0.2, -0.15) is 0 Å². The molecule has 0 bridgehead atoms. The van der Waals surface area contributed by atoms with Crippen molar-refractivity contribution in [1.29, 1.82) is 0 Å². The number of carbonyl (C=O) groups is 5. The molecule has 0 radical (unpaired) electrons. The Labute approximate surface area is 202 Å². The van der Waals surface area contributed by atoms with E-state index in [9.17, 15) is 34.2 Å². The summed E-state index contributed by atoms with van der Waals surface area (Å²) in [7, 11) is 3.13. The number of phenolic OH excluding ortho intramolecular Hbond substituents is 1. The van der Waals surface area contributed by atoms with Crippen LogP contribution in [0.3, 0.4) is 0 Å². The van der Waals surface area contributed by atoms with E-state index in [-0.39, 0.29) is 24.2 Å². The van der Waals surface area contributed by atoms with Crippen LogP contribution in [-0.4, -0.2) is 69.9 Å². The molecule has 1 amide bonds. The molecule has 1 aromatic rings. The normalized spacial score (nSPS) is 34.2. The molecule has 35 heavy (non-hydrogen) atoms. The van der Waals surface area contributed by atoms with Crippen molar-refractivity contribution in [3.8, 4) is 5.75 Å². The maximum atomic E-state index is 13.8. The van der Waals surface area contributed by atoms with Gasteiger partial charge in [0.1, 0.15) is 5.75 Å². The van der Waals surface area contributed by atoms with E-state index >= 15 is 0 Å². The molecule has 4 aliphatic carbocycles. The van der Waals surface area contributed by atoms with Gasteiger partial charge in [0.05, 0.1) is 17.5 Å². The molecule has 3 fully saturated rings. The van der Waals surface area contributed by atoms with Crippen LogP contribution < -0.4 is 5.73 Å². The Morgan fingerprint density at radius 2 is 1.83 bits per heavy atom. The summed E-state index contributed by atoms with van der Waals surface area (Å²) >= 11 is 0. The SMILES string of the molecule is CN(C)[C@@H]1C(=O)C(C(N)=O)C(=O)[C@@]2(O)C(=O)C3C(=O)c4c(O)ccc(C=C5CCC5)c4C[C@H]3C[C@@H]12. The van der Waals surface area contributed by atoms with Crippen LogP contribution in [0.1, 0.15) is 47.2 Å². The van der Waals surface area contributed by atoms with Crippen LogP contribution in [-0.2, 0) is 25.6 Å². The highest BCUT2D eigenvalue weighted by Gasteiger charge is 2.69. The van der Waals surface area contributed by atoms with E-state index in [4.69, 9.17) is 5.73 Å². The molecule has 0 spiro atoms. The minimum atomic E-state index is -2.70. The first-order chi connectivity index (χ1) is 16.5. The highest BCUT2D eigenvalue weighted by atomic mass is 16.3. The second-order valence-corrected chi connectivity index (χ2v) is 10.5. The average Bonchev–Trinajstić information content (AvgIpc) is 2.74. The zero-order valence-corrected chi connectivity index (χ0v) is 19.6. The van der Waals surface area contributed by atoms with Gasteiger partial charge in [-0.25, -0.2) is 0 Å². The third-order valence-electron chi connectivity index (χ3n) is 8.34. The second kappa shape index (κ2) is 7.93. The summed E-state index contributed by atoms with van der Waals surface area (Å²) < 4.78 is 0. The van der Waals surface area contributed by atoms with Gasteiger partial charge in [0.15, 0.2) is 34.7 Å². The molecule has 0 aliphatic heterocycles. The van der Waals surface area contributed by atoms with E-state index in [1.54, 1.807) is 20.2 Å². The minimum Gasteiger partial charge on any atom is -0.507 e. The lowest BCUT2D eigenvalue weighted by atomic mass is 9.52. The Kier molecular flexibility index (Phi) is 5.34. The van der Waals surface area contributed by atoms with Gasteiger partial charge in [-0.05, 0) is 69.3 Å². The number of aliphatic hydroxyl groups is 1. The fourth-order valence-electron chi connectivity index (χ4n) is 6.51. The van der Waals surface area contributed by atoms with E-state index in [1.807, 2.05) is 6.08 Å². The number of ketones is 4. The zero-order chi connectivity index (χ0) is 25.4. The van der Waals surface area contributed by atoms with Crippen LogP contribution in [0, 0.1) is 23.7 Å². The molecule has 5 rings (SSSR count). The molecule has 9 nitrogen and oxygen atoms in total. The van der Waals surface area contributed by atoms with Gasteiger partial charge in [0.2, 0.25) is 5.91 Å². The second-order valence-electron chi connectivity index (χ2n) is 10.5. The molecule has 4 aliphatic rings. The highest BCUT2D eigenvalue weighted by Crippen LogP contribution is 2.51. The quantitative estimate of drug-likeness (QED) is 0.526. The number of hydrogen-bond donors (Lipinski definition) is 3. The van der Waals surface area contributed by atoms with Gasteiger partial charge >= 0.3 is 0 Å². The van der Waals surface area contributed by atoms with Crippen molar-refractivity contribution in [1.82, 2.24) is 4.90 Å². The van der Waals surface area contributed by atoms with Crippen LogP contribution in [0.25, 0.3) is 6.08 Å². The Morgan fingerprint density at radius 1 is 1.14 bits per heavy atom. The first-order valence-electron chi connectivity index (χ1n) is 11.9. The van der Waals surface area contributed by atoms with Gasteiger partial charge in [-0.15, -0.1) is 0 Å².